The second kappa shape index (κ2) is 6.42. The zero-order valence-corrected chi connectivity index (χ0v) is 14.0. The summed E-state index contributed by atoms with van der Waals surface area (Å²) < 4.78 is 1.82. The van der Waals surface area contributed by atoms with Gasteiger partial charge in [-0.1, -0.05) is 29.8 Å². The first-order valence-corrected chi connectivity index (χ1v) is 8.20. The molecule has 1 aromatic heterocycles. The molecule has 0 atom stereocenters. The molecule has 0 amide bonds. The molecule has 3 aromatic carbocycles. The summed E-state index contributed by atoms with van der Waals surface area (Å²) in [5, 5.41) is 20.3. The van der Waals surface area contributed by atoms with Crippen molar-refractivity contribution in [2.24, 2.45) is 0 Å². The Labute approximate surface area is 149 Å². The summed E-state index contributed by atoms with van der Waals surface area (Å²) in [6.45, 7) is 0. The van der Waals surface area contributed by atoms with Gasteiger partial charge in [0.1, 0.15) is 5.75 Å². The van der Waals surface area contributed by atoms with Crippen LogP contribution < -0.4 is 10.00 Å². The normalized spacial score (nSPS) is 10.8. The number of anilines is 2. The Morgan fingerprint density at radius 1 is 0.880 bits per heavy atom. The zero-order valence-electron chi connectivity index (χ0n) is 13.2. The molecular weight excluding hydrogens is 334 g/mol. The number of hydrogen-bond donors (Lipinski definition) is 2. The number of aromatic hydroxyl groups is 1. The van der Waals surface area contributed by atoms with Crippen molar-refractivity contribution in [2.45, 2.75) is 0 Å². The maximum absolute atomic E-state index is 9.45. The quantitative estimate of drug-likeness (QED) is 0.420. The maximum Gasteiger partial charge on any atom is 0.238 e. The molecule has 4 aromatic rings. The van der Waals surface area contributed by atoms with Gasteiger partial charge in [0.05, 0.1) is 5.39 Å². The van der Waals surface area contributed by atoms with Crippen molar-refractivity contribution >= 4 is 33.9 Å². The lowest BCUT2D eigenvalue weighted by molar-refractivity contribution is -0.657. The molecule has 4 rings (SSSR count). The van der Waals surface area contributed by atoms with Gasteiger partial charge in [0, 0.05) is 33.3 Å². The zero-order chi connectivity index (χ0) is 17.2. The third kappa shape index (κ3) is 3.25. The predicted octanol–water partition coefficient (Wildman–Crippen LogP) is 4.61. The van der Waals surface area contributed by atoms with Gasteiger partial charge in [0.2, 0.25) is 17.7 Å². The maximum atomic E-state index is 9.45. The number of aromatic nitrogens is 2. The van der Waals surface area contributed by atoms with Crippen LogP contribution in [0.25, 0.3) is 16.5 Å². The van der Waals surface area contributed by atoms with Crippen molar-refractivity contribution in [3.05, 3.63) is 84.0 Å². The topological polar surface area (TPSA) is 49.0 Å². The van der Waals surface area contributed by atoms with Crippen LogP contribution in [0.4, 0.5) is 11.5 Å². The molecule has 0 bridgehead atoms. The van der Waals surface area contributed by atoms with E-state index in [1.165, 1.54) is 0 Å². The molecule has 0 aliphatic heterocycles. The minimum Gasteiger partial charge on any atom is -0.508 e. The second-order valence-corrected chi connectivity index (χ2v) is 6.09. The molecule has 4 nitrogen and oxygen atoms in total. The predicted molar refractivity (Wildman–Crippen MR) is 99.7 cm³/mol. The molecule has 5 heteroatoms. The Hall–Kier alpha value is -3.11. The van der Waals surface area contributed by atoms with E-state index in [0.717, 1.165) is 28.0 Å². The molecular formula is C20H15ClN3O+. The molecule has 0 saturated heterocycles. The fraction of sp³-hybridized carbons (Fsp3) is 0. The fourth-order valence-electron chi connectivity index (χ4n) is 2.65. The van der Waals surface area contributed by atoms with Gasteiger partial charge < -0.3 is 10.4 Å². The average Bonchev–Trinajstić information content (AvgIpc) is 2.64. The number of fused-ring (bicyclic) bond motifs is 1. The minimum atomic E-state index is 0.229. The molecule has 0 spiro atoms. The molecule has 1 heterocycles. The molecule has 0 aliphatic carbocycles. The summed E-state index contributed by atoms with van der Waals surface area (Å²) in [6.07, 6.45) is 1.99. The van der Waals surface area contributed by atoms with E-state index >= 15 is 0 Å². The number of benzene rings is 3. The highest BCUT2D eigenvalue weighted by atomic mass is 35.5. The summed E-state index contributed by atoms with van der Waals surface area (Å²) in [5.41, 5.74) is 1.77. The summed E-state index contributed by atoms with van der Waals surface area (Å²) >= 11 is 5.98. The van der Waals surface area contributed by atoms with Crippen molar-refractivity contribution in [1.82, 2.24) is 5.10 Å². The first-order chi connectivity index (χ1) is 12.2. The van der Waals surface area contributed by atoms with Crippen LogP contribution in [0.15, 0.2) is 79.0 Å². The standard InChI is InChI=1S/C20H14ClN3O/c21-15-5-9-17(10-6-15)24-13-14-3-1-2-4-19(14)20(23-24)22-16-7-11-18(25)12-8-16/h1-13,23H/p+1. The van der Waals surface area contributed by atoms with E-state index in [0.29, 0.717) is 5.02 Å². The monoisotopic (exact) mass is 348 g/mol. The molecule has 0 aliphatic rings. The van der Waals surface area contributed by atoms with Crippen LogP contribution in [0, 0.1) is 0 Å². The fourth-order valence-corrected chi connectivity index (χ4v) is 2.77. The highest BCUT2D eigenvalue weighted by Crippen LogP contribution is 2.24. The van der Waals surface area contributed by atoms with Crippen LogP contribution in [-0.4, -0.2) is 10.2 Å². The SMILES string of the molecule is Oc1ccc(Nc2n[n+](-c3ccc(Cl)cc3)cc3ccccc23)cc1. The molecule has 0 unspecified atom stereocenters. The number of phenolic OH excluding ortho intramolecular Hbond substituents is 1. The molecule has 0 saturated carbocycles. The largest absolute Gasteiger partial charge is 0.508 e. The van der Waals surface area contributed by atoms with Crippen LogP contribution in [-0.2, 0) is 0 Å². The number of nitrogens with one attached hydrogen (secondary N) is 1. The highest BCUT2D eigenvalue weighted by Gasteiger charge is 2.15. The summed E-state index contributed by atoms with van der Waals surface area (Å²) in [6, 6.07) is 22.5. The molecule has 0 radical (unpaired) electrons. The first kappa shape index (κ1) is 15.4. The lowest BCUT2D eigenvalue weighted by Crippen LogP contribution is -2.35. The third-order valence-corrected chi connectivity index (χ3v) is 4.16. The van der Waals surface area contributed by atoms with Gasteiger partial charge in [-0.3, -0.25) is 0 Å². The molecule has 122 valence electrons. The number of phenols is 1. The Bertz CT molecular complexity index is 1030. The molecule has 0 fully saturated rings. The van der Waals surface area contributed by atoms with E-state index in [4.69, 9.17) is 16.7 Å². The number of halogens is 1. The van der Waals surface area contributed by atoms with Gasteiger partial charge in [-0.2, -0.15) is 0 Å². The average molecular weight is 349 g/mol. The van der Waals surface area contributed by atoms with E-state index < -0.39 is 0 Å². The van der Waals surface area contributed by atoms with E-state index in [1.54, 1.807) is 12.1 Å². The van der Waals surface area contributed by atoms with Crippen molar-refractivity contribution in [3.8, 4) is 11.4 Å². The van der Waals surface area contributed by atoms with Crippen molar-refractivity contribution < 1.29 is 9.79 Å². The van der Waals surface area contributed by atoms with Crippen molar-refractivity contribution in [3.63, 3.8) is 0 Å². The summed E-state index contributed by atoms with van der Waals surface area (Å²) in [5.74, 6) is 0.964. The Kier molecular flexibility index (Phi) is 3.96. The van der Waals surface area contributed by atoms with Gasteiger partial charge in [0.15, 0.2) is 0 Å². The highest BCUT2D eigenvalue weighted by molar-refractivity contribution is 6.30. The molecule has 25 heavy (non-hydrogen) atoms. The van der Waals surface area contributed by atoms with E-state index in [1.807, 2.05) is 71.5 Å². The Morgan fingerprint density at radius 2 is 1.60 bits per heavy atom. The molecule has 2 N–H and O–H groups in total. The van der Waals surface area contributed by atoms with Crippen LogP contribution in [0.2, 0.25) is 5.02 Å². The number of nitrogens with zero attached hydrogens (tertiary/aromatic N) is 2. The first-order valence-electron chi connectivity index (χ1n) is 7.83. The number of hydrogen-bond acceptors (Lipinski definition) is 3. The smallest absolute Gasteiger partial charge is 0.238 e. The Balaban J connectivity index is 1.83. The van der Waals surface area contributed by atoms with Gasteiger partial charge in [-0.05, 0) is 47.1 Å². The lowest BCUT2D eigenvalue weighted by atomic mass is 10.2. The number of rotatable bonds is 3. The van der Waals surface area contributed by atoms with Gasteiger partial charge in [-0.15, -0.1) is 0 Å². The van der Waals surface area contributed by atoms with E-state index in [2.05, 4.69) is 5.32 Å². The van der Waals surface area contributed by atoms with Crippen LogP contribution in [0.5, 0.6) is 5.75 Å². The Morgan fingerprint density at radius 3 is 2.36 bits per heavy atom. The second-order valence-electron chi connectivity index (χ2n) is 5.66. The lowest BCUT2D eigenvalue weighted by Gasteiger charge is -2.07. The van der Waals surface area contributed by atoms with Gasteiger partial charge >= 0.3 is 0 Å². The van der Waals surface area contributed by atoms with Gasteiger partial charge in [0.25, 0.3) is 0 Å². The minimum absolute atomic E-state index is 0.229. The van der Waals surface area contributed by atoms with Crippen molar-refractivity contribution in [1.29, 1.82) is 0 Å². The van der Waals surface area contributed by atoms with Crippen LogP contribution in [0.1, 0.15) is 0 Å². The van der Waals surface area contributed by atoms with Crippen molar-refractivity contribution in [2.75, 3.05) is 5.32 Å². The summed E-state index contributed by atoms with van der Waals surface area (Å²) in [4.78, 5) is 0. The third-order valence-electron chi connectivity index (χ3n) is 3.91. The van der Waals surface area contributed by atoms with Crippen LogP contribution in [0.3, 0.4) is 0 Å². The van der Waals surface area contributed by atoms with E-state index in [9.17, 15) is 5.11 Å². The van der Waals surface area contributed by atoms with Gasteiger partial charge in [-0.25, -0.2) is 0 Å². The van der Waals surface area contributed by atoms with E-state index in [-0.39, 0.29) is 5.75 Å². The summed E-state index contributed by atoms with van der Waals surface area (Å²) in [7, 11) is 0. The van der Waals surface area contributed by atoms with Crippen LogP contribution >= 0.6 is 11.6 Å².